The Morgan fingerprint density at radius 3 is 1.16 bits per heavy atom. The Bertz CT molecular complexity index is 3940. The summed E-state index contributed by atoms with van der Waals surface area (Å²) in [5, 5.41) is 4.79. The highest BCUT2D eigenvalue weighted by Crippen LogP contribution is 2.40. The van der Waals surface area contributed by atoms with Gasteiger partial charge in [-0.25, -0.2) is 0 Å². The Morgan fingerprint density at radius 2 is 0.609 bits per heavy atom. The second kappa shape index (κ2) is 16.9. The summed E-state index contributed by atoms with van der Waals surface area (Å²) in [6.45, 7) is 0. The first kappa shape index (κ1) is 40.1. The van der Waals surface area contributed by atoms with Crippen molar-refractivity contribution in [3.05, 3.63) is 267 Å². The maximum absolute atomic E-state index is 6.09. The summed E-state index contributed by atoms with van der Waals surface area (Å²) in [5.41, 5.74) is 20.5. The average molecular weight is 881 g/mol. The van der Waals surface area contributed by atoms with E-state index in [1.54, 1.807) is 0 Å². The monoisotopic (exact) mass is 880 g/mol. The molecule has 13 aromatic rings. The molecule has 0 amide bonds. The van der Waals surface area contributed by atoms with Crippen LogP contribution in [0.25, 0.3) is 105 Å². The molecule has 324 valence electrons. The lowest BCUT2D eigenvalue weighted by Gasteiger charge is -2.26. The second-order valence-corrected chi connectivity index (χ2v) is 17.7. The second-order valence-electron chi connectivity index (χ2n) is 17.7. The molecule has 0 aliphatic rings. The minimum absolute atomic E-state index is 0.911. The van der Waals surface area contributed by atoms with E-state index in [9.17, 15) is 0 Å². The number of hydrogen-bond donors (Lipinski definition) is 0. The minimum Gasteiger partial charge on any atom is -0.456 e. The maximum Gasteiger partial charge on any atom is 0.135 e. The van der Waals surface area contributed by atoms with Crippen molar-refractivity contribution in [1.82, 2.24) is 4.57 Å². The lowest BCUT2D eigenvalue weighted by molar-refractivity contribution is 0.669. The lowest BCUT2D eigenvalue weighted by atomic mass is 9.98. The third kappa shape index (κ3) is 7.34. The van der Waals surface area contributed by atoms with E-state index in [4.69, 9.17) is 4.42 Å². The van der Waals surface area contributed by atoms with Gasteiger partial charge in [-0.2, -0.15) is 0 Å². The fraction of sp³-hybridized carbons (Fsp3) is 0. The van der Waals surface area contributed by atoms with E-state index in [1.807, 2.05) is 12.1 Å². The molecule has 0 fully saturated rings. The number of fused-ring (bicyclic) bond motifs is 6. The number of nitrogens with zero attached hydrogens (tertiary/aromatic N) is 2. The molecular formula is C66H44N2O. The molecule has 2 aromatic heterocycles. The highest BCUT2D eigenvalue weighted by molar-refractivity contribution is 6.10. The van der Waals surface area contributed by atoms with Gasteiger partial charge in [0.05, 0.1) is 11.0 Å². The molecule has 2 heterocycles. The van der Waals surface area contributed by atoms with Crippen LogP contribution in [0.3, 0.4) is 0 Å². The largest absolute Gasteiger partial charge is 0.456 e. The highest BCUT2D eigenvalue weighted by Gasteiger charge is 2.16. The number of benzene rings is 11. The molecular weight excluding hydrogens is 837 g/mol. The predicted molar refractivity (Wildman–Crippen MR) is 290 cm³/mol. The standard InChI is InChI=1S/C66H44N2O/c1-3-11-45(12-4-1)48-27-35-56(36-28-48)67(58-39-31-50(32-40-58)47-21-25-52(26-22-47)54-34-42-66-62(44-54)60-16-8-10-18-65(60)69-66)57-37-29-49(30-38-57)46-19-23-51(24-20-46)53-33-41-64-61(43-53)59-15-7-9-17-63(59)68(64)55-13-5-2-6-14-55/h1-44H. The van der Waals surface area contributed by atoms with Crippen molar-refractivity contribution < 1.29 is 4.42 Å². The van der Waals surface area contributed by atoms with E-state index < -0.39 is 0 Å². The average Bonchev–Trinajstić information content (AvgIpc) is 3.97. The van der Waals surface area contributed by atoms with Gasteiger partial charge in [-0.3, -0.25) is 0 Å². The summed E-state index contributed by atoms with van der Waals surface area (Å²) < 4.78 is 8.45. The third-order valence-corrected chi connectivity index (χ3v) is 13.7. The molecule has 3 nitrogen and oxygen atoms in total. The van der Waals surface area contributed by atoms with E-state index in [0.717, 1.165) is 39.0 Å². The van der Waals surface area contributed by atoms with Crippen molar-refractivity contribution in [3.63, 3.8) is 0 Å². The predicted octanol–water partition coefficient (Wildman–Crippen LogP) is 18.5. The molecule has 0 saturated carbocycles. The molecule has 0 aliphatic heterocycles. The Morgan fingerprint density at radius 1 is 0.246 bits per heavy atom. The fourth-order valence-electron chi connectivity index (χ4n) is 10.1. The van der Waals surface area contributed by atoms with E-state index in [1.165, 1.54) is 83.1 Å². The number of hydrogen-bond acceptors (Lipinski definition) is 2. The zero-order valence-corrected chi connectivity index (χ0v) is 37.7. The molecule has 11 aromatic carbocycles. The van der Waals surface area contributed by atoms with Crippen LogP contribution in [-0.2, 0) is 0 Å². The van der Waals surface area contributed by atoms with Crippen LogP contribution < -0.4 is 4.90 Å². The van der Waals surface area contributed by atoms with E-state index in [-0.39, 0.29) is 0 Å². The number of furan rings is 1. The van der Waals surface area contributed by atoms with Crippen LogP contribution in [-0.4, -0.2) is 4.57 Å². The molecule has 0 saturated heterocycles. The molecule has 0 atom stereocenters. The van der Waals surface area contributed by atoms with Gasteiger partial charge in [0.2, 0.25) is 0 Å². The van der Waals surface area contributed by atoms with Gasteiger partial charge in [-0.15, -0.1) is 0 Å². The van der Waals surface area contributed by atoms with Crippen molar-refractivity contribution in [1.29, 1.82) is 0 Å². The van der Waals surface area contributed by atoms with Crippen molar-refractivity contribution in [2.24, 2.45) is 0 Å². The highest BCUT2D eigenvalue weighted by atomic mass is 16.3. The van der Waals surface area contributed by atoms with E-state index in [2.05, 4.69) is 264 Å². The lowest BCUT2D eigenvalue weighted by Crippen LogP contribution is -2.09. The van der Waals surface area contributed by atoms with Crippen molar-refractivity contribution in [3.8, 4) is 61.3 Å². The first-order valence-corrected chi connectivity index (χ1v) is 23.6. The smallest absolute Gasteiger partial charge is 0.135 e. The molecule has 3 heteroatoms. The zero-order valence-electron chi connectivity index (χ0n) is 37.7. The topological polar surface area (TPSA) is 21.3 Å². The Labute approximate surface area is 401 Å². The van der Waals surface area contributed by atoms with Crippen LogP contribution in [0.2, 0.25) is 0 Å². The van der Waals surface area contributed by atoms with Crippen molar-refractivity contribution in [2.45, 2.75) is 0 Å². The quantitative estimate of drug-likeness (QED) is 0.144. The normalized spacial score (nSPS) is 11.5. The van der Waals surface area contributed by atoms with Crippen molar-refractivity contribution >= 4 is 60.8 Å². The summed E-state index contributed by atoms with van der Waals surface area (Å²) >= 11 is 0. The molecule has 0 spiro atoms. The van der Waals surface area contributed by atoms with E-state index in [0.29, 0.717) is 0 Å². The van der Waals surface area contributed by atoms with Gasteiger partial charge >= 0.3 is 0 Å². The first-order valence-electron chi connectivity index (χ1n) is 23.6. The number of anilines is 3. The fourth-order valence-corrected chi connectivity index (χ4v) is 10.1. The summed E-state index contributed by atoms with van der Waals surface area (Å²) in [6.07, 6.45) is 0. The Balaban J connectivity index is 0.788. The minimum atomic E-state index is 0.911. The Kier molecular flexibility index (Phi) is 9.84. The van der Waals surface area contributed by atoms with Gasteiger partial charge in [0.1, 0.15) is 11.2 Å². The third-order valence-electron chi connectivity index (χ3n) is 13.7. The van der Waals surface area contributed by atoms with Crippen LogP contribution in [0.1, 0.15) is 0 Å². The van der Waals surface area contributed by atoms with Gasteiger partial charge in [-0.1, -0.05) is 182 Å². The molecule has 0 bridgehead atoms. The van der Waals surface area contributed by atoms with Gasteiger partial charge < -0.3 is 13.9 Å². The molecule has 13 rings (SSSR count). The summed E-state index contributed by atoms with van der Waals surface area (Å²) in [6, 6.07) is 96.1. The van der Waals surface area contributed by atoms with Gasteiger partial charge in [-0.05, 0) is 141 Å². The number of para-hydroxylation sites is 3. The molecule has 0 N–H and O–H groups in total. The van der Waals surface area contributed by atoms with Crippen molar-refractivity contribution in [2.75, 3.05) is 4.90 Å². The van der Waals surface area contributed by atoms with Crippen LogP contribution in [0, 0.1) is 0 Å². The summed E-state index contributed by atoms with van der Waals surface area (Å²) in [4.78, 5) is 2.34. The number of aromatic nitrogens is 1. The Hall–Kier alpha value is -9.18. The number of rotatable bonds is 9. The van der Waals surface area contributed by atoms with Gasteiger partial charge in [0.25, 0.3) is 0 Å². The van der Waals surface area contributed by atoms with Crippen LogP contribution in [0.5, 0.6) is 0 Å². The molecule has 0 unspecified atom stereocenters. The van der Waals surface area contributed by atoms with Gasteiger partial charge in [0.15, 0.2) is 0 Å². The van der Waals surface area contributed by atoms with Gasteiger partial charge in [0, 0.05) is 44.3 Å². The maximum atomic E-state index is 6.09. The molecule has 0 radical (unpaired) electrons. The SMILES string of the molecule is c1ccc(-c2ccc(N(c3ccc(-c4ccc(-c5ccc6oc7ccccc7c6c5)cc4)cc3)c3ccc(-c4ccc(-c5ccc6c(c5)c5ccccc5n6-c5ccccc5)cc4)cc3)cc2)cc1. The summed E-state index contributed by atoms with van der Waals surface area (Å²) in [5.74, 6) is 0. The van der Waals surface area contributed by atoms with E-state index >= 15 is 0 Å². The molecule has 0 aliphatic carbocycles. The zero-order chi connectivity index (χ0) is 45.7. The van der Waals surface area contributed by atoms with Crippen LogP contribution in [0.15, 0.2) is 271 Å². The summed E-state index contributed by atoms with van der Waals surface area (Å²) in [7, 11) is 0. The molecule has 69 heavy (non-hydrogen) atoms. The first-order chi connectivity index (χ1) is 34.2. The van der Waals surface area contributed by atoms with Crippen LogP contribution >= 0.6 is 0 Å². The van der Waals surface area contributed by atoms with Crippen LogP contribution in [0.4, 0.5) is 17.1 Å².